The Balaban J connectivity index is 1.79. The molecule has 0 amide bonds. The molecule has 1 unspecified atom stereocenters. The largest absolute Gasteiger partial charge is 0.497 e. The number of hydrogen-bond acceptors (Lipinski definition) is 3. The number of rotatable bonds is 5. The van der Waals surface area contributed by atoms with Crippen molar-refractivity contribution in [3.05, 3.63) is 28.8 Å². The lowest BCUT2D eigenvalue weighted by Crippen LogP contribution is -2.41. The third-order valence-electron chi connectivity index (χ3n) is 3.38. The van der Waals surface area contributed by atoms with Crippen LogP contribution in [0.3, 0.4) is 0 Å². The van der Waals surface area contributed by atoms with Crippen molar-refractivity contribution in [1.29, 1.82) is 0 Å². The summed E-state index contributed by atoms with van der Waals surface area (Å²) in [5.41, 5.74) is 1.12. The van der Waals surface area contributed by atoms with Crippen LogP contribution in [-0.2, 0) is 6.54 Å². The second kappa shape index (κ2) is 6.98. The van der Waals surface area contributed by atoms with Crippen LogP contribution in [-0.4, -0.2) is 26.2 Å². The number of ether oxygens (including phenoxy) is 1. The molecule has 0 aliphatic carbocycles. The van der Waals surface area contributed by atoms with Gasteiger partial charge in [-0.2, -0.15) is 0 Å². The summed E-state index contributed by atoms with van der Waals surface area (Å²) in [6.45, 7) is 2.96. The minimum Gasteiger partial charge on any atom is -0.497 e. The number of methoxy groups -OCH3 is 1. The van der Waals surface area contributed by atoms with Crippen molar-refractivity contribution in [3.8, 4) is 5.75 Å². The normalized spacial score (nSPS) is 19.8. The summed E-state index contributed by atoms with van der Waals surface area (Å²) in [4.78, 5) is 0. The molecule has 1 aromatic rings. The van der Waals surface area contributed by atoms with Crippen LogP contribution in [0, 0.1) is 0 Å². The van der Waals surface area contributed by atoms with E-state index < -0.39 is 0 Å². The Hall–Kier alpha value is -0.770. The van der Waals surface area contributed by atoms with Gasteiger partial charge in [-0.3, -0.25) is 0 Å². The predicted molar refractivity (Wildman–Crippen MR) is 75.4 cm³/mol. The summed E-state index contributed by atoms with van der Waals surface area (Å²) in [5, 5.41) is 7.75. The lowest BCUT2D eigenvalue weighted by atomic mass is 10.1. The van der Waals surface area contributed by atoms with Gasteiger partial charge in [0.1, 0.15) is 5.75 Å². The molecule has 0 radical (unpaired) electrons. The zero-order chi connectivity index (χ0) is 12.8. The molecule has 2 N–H and O–H groups in total. The SMILES string of the molecule is COc1ccc(CNCC2CCCCN2)c(Cl)c1. The van der Waals surface area contributed by atoms with E-state index in [4.69, 9.17) is 16.3 Å². The van der Waals surface area contributed by atoms with Crippen molar-refractivity contribution < 1.29 is 4.74 Å². The van der Waals surface area contributed by atoms with Crippen molar-refractivity contribution >= 4 is 11.6 Å². The van der Waals surface area contributed by atoms with E-state index in [1.165, 1.54) is 19.3 Å². The number of nitrogens with one attached hydrogen (secondary N) is 2. The Bertz CT molecular complexity index is 378. The maximum atomic E-state index is 6.19. The molecule has 1 aromatic carbocycles. The summed E-state index contributed by atoms with van der Waals surface area (Å²) < 4.78 is 5.13. The third kappa shape index (κ3) is 3.87. The first-order valence-electron chi connectivity index (χ1n) is 6.56. The van der Waals surface area contributed by atoms with Crippen LogP contribution >= 0.6 is 11.6 Å². The van der Waals surface area contributed by atoms with Crippen molar-refractivity contribution in [1.82, 2.24) is 10.6 Å². The molecule has 18 heavy (non-hydrogen) atoms. The van der Waals surface area contributed by atoms with Gasteiger partial charge in [0.05, 0.1) is 7.11 Å². The highest BCUT2D eigenvalue weighted by Gasteiger charge is 2.11. The zero-order valence-corrected chi connectivity index (χ0v) is 11.6. The Labute approximate surface area is 114 Å². The highest BCUT2D eigenvalue weighted by Crippen LogP contribution is 2.22. The van der Waals surface area contributed by atoms with Crippen LogP contribution in [0.25, 0.3) is 0 Å². The first-order chi connectivity index (χ1) is 8.79. The minimum absolute atomic E-state index is 0.607. The molecule has 0 aromatic heterocycles. The van der Waals surface area contributed by atoms with Gasteiger partial charge in [0.15, 0.2) is 0 Å². The molecule has 1 saturated heterocycles. The quantitative estimate of drug-likeness (QED) is 0.861. The Morgan fingerprint density at radius 3 is 3.00 bits per heavy atom. The average Bonchev–Trinajstić information content (AvgIpc) is 2.42. The molecule has 2 rings (SSSR count). The molecule has 0 spiro atoms. The molecule has 1 aliphatic heterocycles. The molecule has 1 fully saturated rings. The average molecular weight is 269 g/mol. The van der Waals surface area contributed by atoms with E-state index in [1.807, 2.05) is 18.2 Å². The summed E-state index contributed by atoms with van der Waals surface area (Å²) in [7, 11) is 1.65. The van der Waals surface area contributed by atoms with Gasteiger partial charge >= 0.3 is 0 Å². The van der Waals surface area contributed by atoms with E-state index in [0.29, 0.717) is 6.04 Å². The Morgan fingerprint density at radius 2 is 2.33 bits per heavy atom. The Morgan fingerprint density at radius 1 is 1.44 bits per heavy atom. The molecule has 1 aliphatic rings. The van der Waals surface area contributed by atoms with Crippen LogP contribution in [0.15, 0.2) is 18.2 Å². The fourth-order valence-electron chi connectivity index (χ4n) is 2.28. The topological polar surface area (TPSA) is 33.3 Å². The molecule has 100 valence electrons. The molecular weight excluding hydrogens is 248 g/mol. The fourth-order valence-corrected chi connectivity index (χ4v) is 2.52. The van der Waals surface area contributed by atoms with E-state index >= 15 is 0 Å². The smallest absolute Gasteiger partial charge is 0.120 e. The standard InChI is InChI=1S/C14H21ClN2O/c1-18-13-6-5-11(14(15)8-13)9-16-10-12-4-2-3-7-17-12/h5-6,8,12,16-17H,2-4,7,9-10H2,1H3. The maximum Gasteiger partial charge on any atom is 0.120 e. The van der Waals surface area contributed by atoms with Gasteiger partial charge in [-0.1, -0.05) is 24.1 Å². The predicted octanol–water partition coefficient (Wildman–Crippen LogP) is 2.58. The van der Waals surface area contributed by atoms with Gasteiger partial charge in [-0.05, 0) is 37.1 Å². The van der Waals surface area contributed by atoms with Crippen LogP contribution in [0.4, 0.5) is 0 Å². The minimum atomic E-state index is 0.607. The highest BCUT2D eigenvalue weighted by atomic mass is 35.5. The van der Waals surface area contributed by atoms with Gasteiger partial charge in [0, 0.05) is 24.2 Å². The van der Waals surface area contributed by atoms with Gasteiger partial charge in [0.25, 0.3) is 0 Å². The van der Waals surface area contributed by atoms with Gasteiger partial charge < -0.3 is 15.4 Å². The lowest BCUT2D eigenvalue weighted by Gasteiger charge is -2.23. The van der Waals surface area contributed by atoms with Gasteiger partial charge in [0.2, 0.25) is 0 Å². The van der Waals surface area contributed by atoms with Gasteiger partial charge in [-0.15, -0.1) is 0 Å². The molecular formula is C14H21ClN2O. The number of halogens is 1. The monoisotopic (exact) mass is 268 g/mol. The van der Waals surface area contributed by atoms with Crippen LogP contribution in [0.2, 0.25) is 5.02 Å². The molecule has 3 nitrogen and oxygen atoms in total. The lowest BCUT2D eigenvalue weighted by molar-refractivity contribution is 0.383. The van der Waals surface area contributed by atoms with E-state index in [9.17, 15) is 0 Å². The molecule has 1 heterocycles. The summed E-state index contributed by atoms with van der Waals surface area (Å²) in [5.74, 6) is 0.803. The molecule has 0 saturated carbocycles. The first kappa shape index (κ1) is 13.7. The van der Waals surface area contributed by atoms with E-state index in [1.54, 1.807) is 7.11 Å². The van der Waals surface area contributed by atoms with Crippen molar-refractivity contribution in [2.75, 3.05) is 20.2 Å². The Kier molecular flexibility index (Phi) is 5.29. The van der Waals surface area contributed by atoms with Gasteiger partial charge in [-0.25, -0.2) is 0 Å². The fraction of sp³-hybridized carbons (Fsp3) is 0.571. The number of benzene rings is 1. The van der Waals surface area contributed by atoms with Crippen LogP contribution in [0.5, 0.6) is 5.75 Å². The number of hydrogen-bond donors (Lipinski definition) is 2. The summed E-state index contributed by atoms with van der Waals surface area (Å²) >= 11 is 6.19. The second-order valence-electron chi connectivity index (χ2n) is 4.74. The summed E-state index contributed by atoms with van der Waals surface area (Å²) in [6.07, 6.45) is 3.91. The summed E-state index contributed by atoms with van der Waals surface area (Å²) in [6, 6.07) is 6.43. The second-order valence-corrected chi connectivity index (χ2v) is 5.14. The first-order valence-corrected chi connectivity index (χ1v) is 6.94. The maximum absolute atomic E-state index is 6.19. The van der Waals surface area contributed by atoms with E-state index in [-0.39, 0.29) is 0 Å². The number of piperidine rings is 1. The molecule has 4 heteroatoms. The van der Waals surface area contributed by atoms with E-state index in [2.05, 4.69) is 10.6 Å². The van der Waals surface area contributed by atoms with Crippen LogP contribution < -0.4 is 15.4 Å². The van der Waals surface area contributed by atoms with Crippen molar-refractivity contribution in [3.63, 3.8) is 0 Å². The highest BCUT2D eigenvalue weighted by molar-refractivity contribution is 6.31. The third-order valence-corrected chi connectivity index (χ3v) is 3.73. The van der Waals surface area contributed by atoms with Crippen LogP contribution in [0.1, 0.15) is 24.8 Å². The van der Waals surface area contributed by atoms with E-state index in [0.717, 1.165) is 36.0 Å². The molecule has 0 bridgehead atoms. The van der Waals surface area contributed by atoms with Crippen molar-refractivity contribution in [2.24, 2.45) is 0 Å². The molecule has 1 atom stereocenters. The van der Waals surface area contributed by atoms with Crippen molar-refractivity contribution in [2.45, 2.75) is 31.8 Å². The zero-order valence-electron chi connectivity index (χ0n) is 10.8.